The van der Waals surface area contributed by atoms with Gasteiger partial charge in [0.1, 0.15) is 0 Å². The highest BCUT2D eigenvalue weighted by atomic mass is 32.1. The lowest BCUT2D eigenvalue weighted by atomic mass is 10.2. The van der Waals surface area contributed by atoms with Gasteiger partial charge < -0.3 is 10.6 Å². The van der Waals surface area contributed by atoms with Crippen molar-refractivity contribution in [1.29, 1.82) is 0 Å². The second-order valence-corrected chi connectivity index (χ2v) is 5.15. The van der Waals surface area contributed by atoms with Crippen LogP contribution in [0.2, 0.25) is 0 Å². The van der Waals surface area contributed by atoms with E-state index in [9.17, 15) is 14.9 Å². The second kappa shape index (κ2) is 6.16. The molecule has 2 rings (SSSR count). The molecule has 0 bridgehead atoms. The quantitative estimate of drug-likeness (QED) is 0.655. The molecule has 0 radical (unpaired) electrons. The zero-order valence-corrected chi connectivity index (χ0v) is 11.6. The Bertz CT molecular complexity index is 622. The molecule has 104 valence electrons. The minimum absolute atomic E-state index is 0.134. The first-order chi connectivity index (χ1) is 9.60. The molecule has 0 fully saturated rings. The molecule has 7 heteroatoms. The topological polar surface area (TPSA) is 84.3 Å². The van der Waals surface area contributed by atoms with Crippen molar-refractivity contribution in [2.24, 2.45) is 0 Å². The number of benzene rings is 1. The van der Waals surface area contributed by atoms with Gasteiger partial charge in [-0.2, -0.15) is 0 Å². The van der Waals surface area contributed by atoms with E-state index in [0.29, 0.717) is 12.1 Å². The number of carbonyl (C=O) groups excluding carboxylic acids is 1. The van der Waals surface area contributed by atoms with Gasteiger partial charge in [-0.1, -0.05) is 11.3 Å². The summed E-state index contributed by atoms with van der Waals surface area (Å²) in [6.45, 7) is 0.512. The summed E-state index contributed by atoms with van der Waals surface area (Å²) in [4.78, 5) is 22.4. The van der Waals surface area contributed by atoms with Crippen molar-refractivity contribution >= 4 is 27.9 Å². The summed E-state index contributed by atoms with van der Waals surface area (Å²) in [6.07, 6.45) is 0. The highest BCUT2D eigenvalue weighted by molar-refractivity contribution is 7.15. The highest BCUT2D eigenvalue weighted by Crippen LogP contribution is 2.24. The normalized spacial score (nSPS) is 10.1. The van der Waals surface area contributed by atoms with Crippen LogP contribution in [0.5, 0.6) is 0 Å². The summed E-state index contributed by atoms with van der Waals surface area (Å²) < 4.78 is 0. The maximum absolute atomic E-state index is 11.4. The molecule has 2 N–H and O–H groups in total. The zero-order valence-electron chi connectivity index (χ0n) is 10.8. The van der Waals surface area contributed by atoms with Gasteiger partial charge in [-0.3, -0.25) is 14.9 Å². The molecule has 1 amide bonds. The van der Waals surface area contributed by atoms with Crippen LogP contribution >= 0.6 is 11.3 Å². The van der Waals surface area contributed by atoms with E-state index in [1.165, 1.54) is 6.07 Å². The molecule has 1 aromatic carbocycles. The van der Waals surface area contributed by atoms with Crippen LogP contribution in [0.4, 0.5) is 10.7 Å². The Hall–Kier alpha value is -2.41. The number of thiophene rings is 1. The van der Waals surface area contributed by atoms with Crippen molar-refractivity contribution in [1.82, 2.24) is 5.32 Å². The third kappa shape index (κ3) is 3.33. The lowest BCUT2D eigenvalue weighted by Gasteiger charge is -2.05. The number of rotatable bonds is 5. The third-order valence-electron chi connectivity index (χ3n) is 2.67. The molecule has 0 aliphatic heterocycles. The van der Waals surface area contributed by atoms with Gasteiger partial charge in [0.05, 0.1) is 4.92 Å². The maximum atomic E-state index is 11.4. The fourth-order valence-corrected chi connectivity index (χ4v) is 2.39. The number of anilines is 1. The molecule has 0 unspecified atom stereocenters. The van der Waals surface area contributed by atoms with Crippen molar-refractivity contribution in [3.63, 3.8) is 0 Å². The van der Waals surface area contributed by atoms with E-state index in [0.717, 1.165) is 21.9 Å². The van der Waals surface area contributed by atoms with E-state index in [1.807, 2.05) is 0 Å². The minimum Gasteiger partial charge on any atom is -0.380 e. The van der Waals surface area contributed by atoms with Crippen LogP contribution < -0.4 is 10.6 Å². The number of nitrogens with one attached hydrogen (secondary N) is 2. The monoisotopic (exact) mass is 291 g/mol. The summed E-state index contributed by atoms with van der Waals surface area (Å²) >= 11 is 1.15. The van der Waals surface area contributed by atoms with E-state index in [1.54, 1.807) is 37.4 Å². The Morgan fingerprint density at radius 1 is 1.25 bits per heavy atom. The van der Waals surface area contributed by atoms with Gasteiger partial charge in [0.15, 0.2) is 0 Å². The molecular formula is C13H13N3O3S. The third-order valence-corrected chi connectivity index (χ3v) is 3.71. The van der Waals surface area contributed by atoms with Crippen molar-refractivity contribution in [3.8, 4) is 0 Å². The van der Waals surface area contributed by atoms with Gasteiger partial charge in [0.2, 0.25) is 0 Å². The molecule has 0 saturated carbocycles. The van der Waals surface area contributed by atoms with Crippen LogP contribution in [-0.2, 0) is 6.54 Å². The predicted octanol–water partition coefficient (Wildman–Crippen LogP) is 2.63. The molecular weight excluding hydrogens is 278 g/mol. The molecule has 20 heavy (non-hydrogen) atoms. The lowest BCUT2D eigenvalue weighted by Crippen LogP contribution is -2.17. The van der Waals surface area contributed by atoms with Crippen LogP contribution in [0.15, 0.2) is 36.4 Å². The molecule has 1 aromatic heterocycles. The van der Waals surface area contributed by atoms with Crippen LogP contribution in [-0.4, -0.2) is 17.9 Å². The van der Waals surface area contributed by atoms with Crippen LogP contribution in [0.3, 0.4) is 0 Å². The number of amides is 1. The van der Waals surface area contributed by atoms with Gasteiger partial charge in [-0.25, -0.2) is 0 Å². The number of hydrogen-bond acceptors (Lipinski definition) is 5. The van der Waals surface area contributed by atoms with Crippen molar-refractivity contribution < 1.29 is 9.72 Å². The Kier molecular flexibility index (Phi) is 4.31. The van der Waals surface area contributed by atoms with Gasteiger partial charge in [0, 0.05) is 35.8 Å². The first kappa shape index (κ1) is 14.0. The van der Waals surface area contributed by atoms with Crippen molar-refractivity contribution in [2.75, 3.05) is 12.4 Å². The molecule has 6 nitrogen and oxygen atoms in total. The average molecular weight is 291 g/mol. The maximum Gasteiger partial charge on any atom is 0.324 e. The fourth-order valence-electron chi connectivity index (χ4n) is 1.63. The molecule has 0 saturated heterocycles. The lowest BCUT2D eigenvalue weighted by molar-refractivity contribution is -0.380. The standard InChI is InChI=1S/C13H13N3O3S/c1-14-13(17)9-2-4-10(5-3-9)15-8-11-6-7-12(20-11)16(18)19/h2-7,15H,8H2,1H3,(H,14,17). The van der Waals surface area contributed by atoms with E-state index in [4.69, 9.17) is 0 Å². The minimum atomic E-state index is -0.397. The van der Waals surface area contributed by atoms with Gasteiger partial charge in [-0.05, 0) is 30.3 Å². The second-order valence-electron chi connectivity index (χ2n) is 4.01. The van der Waals surface area contributed by atoms with Crippen LogP contribution in [0.1, 0.15) is 15.2 Å². The zero-order chi connectivity index (χ0) is 14.5. The summed E-state index contributed by atoms with van der Waals surface area (Å²) in [5, 5.41) is 16.4. The Labute approximate surface area is 119 Å². The van der Waals surface area contributed by atoms with Gasteiger partial charge >= 0.3 is 5.00 Å². The van der Waals surface area contributed by atoms with Gasteiger partial charge in [-0.15, -0.1) is 0 Å². The van der Waals surface area contributed by atoms with Crippen LogP contribution in [0.25, 0.3) is 0 Å². The molecule has 1 heterocycles. The summed E-state index contributed by atoms with van der Waals surface area (Å²) in [5.74, 6) is -0.134. The number of nitrogens with zero attached hydrogens (tertiary/aromatic N) is 1. The van der Waals surface area contributed by atoms with E-state index in [2.05, 4.69) is 10.6 Å². The fraction of sp³-hybridized carbons (Fsp3) is 0.154. The highest BCUT2D eigenvalue weighted by Gasteiger charge is 2.09. The SMILES string of the molecule is CNC(=O)c1ccc(NCc2ccc([N+](=O)[O-])s2)cc1. The first-order valence-corrected chi connectivity index (χ1v) is 6.71. The van der Waals surface area contributed by atoms with E-state index >= 15 is 0 Å². The molecule has 0 spiro atoms. The molecule has 0 atom stereocenters. The Morgan fingerprint density at radius 2 is 1.95 bits per heavy atom. The average Bonchev–Trinajstić information content (AvgIpc) is 2.94. The number of hydrogen-bond donors (Lipinski definition) is 2. The molecule has 0 aliphatic rings. The Balaban J connectivity index is 1.96. The summed E-state index contributed by atoms with van der Waals surface area (Å²) in [7, 11) is 1.58. The summed E-state index contributed by atoms with van der Waals surface area (Å²) in [6, 6.07) is 10.3. The van der Waals surface area contributed by atoms with Gasteiger partial charge in [0.25, 0.3) is 5.91 Å². The largest absolute Gasteiger partial charge is 0.380 e. The van der Waals surface area contributed by atoms with E-state index in [-0.39, 0.29) is 10.9 Å². The Morgan fingerprint density at radius 3 is 2.50 bits per heavy atom. The molecule has 0 aliphatic carbocycles. The van der Waals surface area contributed by atoms with Crippen LogP contribution in [0, 0.1) is 10.1 Å². The first-order valence-electron chi connectivity index (χ1n) is 5.89. The number of nitro groups is 1. The molecule has 2 aromatic rings. The smallest absolute Gasteiger partial charge is 0.324 e. The van der Waals surface area contributed by atoms with Crippen molar-refractivity contribution in [2.45, 2.75) is 6.54 Å². The summed E-state index contributed by atoms with van der Waals surface area (Å²) in [5.41, 5.74) is 1.44. The van der Waals surface area contributed by atoms with Crippen molar-refractivity contribution in [3.05, 3.63) is 57.0 Å². The predicted molar refractivity (Wildman–Crippen MR) is 78.1 cm³/mol. The van der Waals surface area contributed by atoms with E-state index < -0.39 is 4.92 Å². The number of carbonyl (C=O) groups is 1.